The molecule has 1 fully saturated rings. The Morgan fingerprint density at radius 3 is 2.73 bits per heavy atom. The molecule has 6 heteroatoms. The Morgan fingerprint density at radius 2 is 2.09 bits per heavy atom. The summed E-state index contributed by atoms with van der Waals surface area (Å²) in [6.07, 6.45) is 5.17. The number of fused-ring (bicyclic) bond motifs is 1. The Balaban J connectivity index is 1.84. The van der Waals surface area contributed by atoms with E-state index < -0.39 is 10.0 Å². The van der Waals surface area contributed by atoms with Gasteiger partial charge in [0.25, 0.3) is 0 Å². The first-order valence-electron chi connectivity index (χ1n) is 7.78. The maximum absolute atomic E-state index is 12.2. The van der Waals surface area contributed by atoms with E-state index in [1.807, 2.05) is 19.1 Å². The van der Waals surface area contributed by atoms with E-state index in [2.05, 4.69) is 5.32 Å². The number of hydrogen-bond donors (Lipinski definition) is 1. The smallest absolute Gasteiger partial charge is 0.232 e. The van der Waals surface area contributed by atoms with Gasteiger partial charge in [0.05, 0.1) is 11.9 Å². The van der Waals surface area contributed by atoms with Crippen LogP contribution in [0.1, 0.15) is 31.7 Å². The molecule has 5 nitrogen and oxygen atoms in total. The van der Waals surface area contributed by atoms with E-state index in [-0.39, 0.29) is 11.8 Å². The van der Waals surface area contributed by atoms with E-state index in [1.165, 1.54) is 10.6 Å². The van der Waals surface area contributed by atoms with Crippen molar-refractivity contribution in [1.29, 1.82) is 0 Å². The van der Waals surface area contributed by atoms with E-state index in [4.69, 9.17) is 0 Å². The highest BCUT2D eigenvalue weighted by Gasteiger charge is 2.32. The first kappa shape index (κ1) is 15.3. The van der Waals surface area contributed by atoms with Gasteiger partial charge in [0.1, 0.15) is 0 Å². The molecule has 1 aromatic rings. The average Bonchev–Trinajstić information content (AvgIpc) is 3.29. The molecule has 1 unspecified atom stereocenters. The summed E-state index contributed by atoms with van der Waals surface area (Å²) in [5, 5.41) is 2.92. The number of amides is 1. The van der Waals surface area contributed by atoms with E-state index in [1.54, 1.807) is 6.07 Å². The van der Waals surface area contributed by atoms with Gasteiger partial charge in [-0.15, -0.1) is 0 Å². The summed E-state index contributed by atoms with van der Waals surface area (Å²) in [6, 6.07) is 5.57. The van der Waals surface area contributed by atoms with Crippen LogP contribution < -0.4 is 9.62 Å². The number of anilines is 2. The molecule has 1 amide bonds. The number of sulfonamides is 1. The summed E-state index contributed by atoms with van der Waals surface area (Å²) in [4.78, 5) is 12.2. The van der Waals surface area contributed by atoms with Crippen LogP contribution in [0, 0.1) is 11.8 Å². The van der Waals surface area contributed by atoms with Crippen molar-refractivity contribution in [2.24, 2.45) is 11.8 Å². The second kappa shape index (κ2) is 5.57. The van der Waals surface area contributed by atoms with Gasteiger partial charge in [0, 0.05) is 18.2 Å². The van der Waals surface area contributed by atoms with Crippen molar-refractivity contribution in [2.45, 2.75) is 32.6 Å². The molecule has 120 valence electrons. The molecule has 1 aromatic carbocycles. The van der Waals surface area contributed by atoms with Crippen LogP contribution in [0.15, 0.2) is 18.2 Å². The lowest BCUT2D eigenvalue weighted by Gasteiger charge is -2.29. The maximum Gasteiger partial charge on any atom is 0.232 e. The standard InChI is InChI=1S/C16H22N2O3S/c1-11(12-5-6-12)16(19)17-14-8-7-13-4-3-9-18(15(13)10-14)22(2,20)21/h7-8,10-12H,3-6,9H2,1-2H3,(H,17,19). The lowest BCUT2D eigenvalue weighted by Crippen LogP contribution is -2.34. The summed E-state index contributed by atoms with van der Waals surface area (Å²) in [7, 11) is -3.28. The van der Waals surface area contributed by atoms with Crippen molar-refractivity contribution in [3.8, 4) is 0 Å². The molecular weight excluding hydrogens is 300 g/mol. The Bertz CT molecular complexity index is 695. The molecule has 2 aliphatic rings. The number of nitrogens with zero attached hydrogens (tertiary/aromatic N) is 1. The fraction of sp³-hybridized carbons (Fsp3) is 0.562. The fourth-order valence-electron chi connectivity index (χ4n) is 3.03. The third kappa shape index (κ3) is 3.11. The zero-order chi connectivity index (χ0) is 15.9. The summed E-state index contributed by atoms with van der Waals surface area (Å²) in [5.41, 5.74) is 2.39. The van der Waals surface area contributed by atoms with Crippen molar-refractivity contribution in [3.63, 3.8) is 0 Å². The number of aryl methyl sites for hydroxylation is 1. The Kier molecular flexibility index (Phi) is 3.89. The largest absolute Gasteiger partial charge is 0.326 e. The number of carbonyl (C=O) groups is 1. The molecule has 0 aromatic heterocycles. The highest BCUT2D eigenvalue weighted by atomic mass is 32.2. The van der Waals surface area contributed by atoms with Crippen molar-refractivity contribution in [1.82, 2.24) is 0 Å². The second-order valence-electron chi connectivity index (χ2n) is 6.40. The van der Waals surface area contributed by atoms with Crippen LogP contribution in [-0.2, 0) is 21.2 Å². The third-order valence-electron chi connectivity index (χ3n) is 4.57. The van der Waals surface area contributed by atoms with Crippen LogP contribution in [0.3, 0.4) is 0 Å². The topological polar surface area (TPSA) is 66.5 Å². The Hall–Kier alpha value is -1.56. The van der Waals surface area contributed by atoms with Crippen LogP contribution in [0.5, 0.6) is 0 Å². The SMILES string of the molecule is CC(C(=O)Nc1ccc2c(c1)N(S(C)(=O)=O)CCC2)C1CC1. The molecule has 1 heterocycles. The van der Waals surface area contributed by atoms with Gasteiger partial charge in [-0.05, 0) is 49.3 Å². The number of rotatable bonds is 4. The number of nitrogens with one attached hydrogen (secondary N) is 1. The summed E-state index contributed by atoms with van der Waals surface area (Å²) < 4.78 is 25.3. The molecule has 0 radical (unpaired) electrons. The fourth-order valence-corrected chi connectivity index (χ4v) is 4.02. The van der Waals surface area contributed by atoms with Crippen LogP contribution >= 0.6 is 0 Å². The van der Waals surface area contributed by atoms with Gasteiger partial charge in [-0.3, -0.25) is 9.10 Å². The zero-order valence-corrected chi connectivity index (χ0v) is 13.8. The zero-order valence-electron chi connectivity index (χ0n) is 13.0. The number of hydrogen-bond acceptors (Lipinski definition) is 3. The molecule has 0 bridgehead atoms. The van der Waals surface area contributed by atoms with Crippen molar-refractivity contribution >= 4 is 27.3 Å². The molecule has 0 saturated heterocycles. The number of carbonyl (C=O) groups excluding carboxylic acids is 1. The summed E-state index contributed by atoms with van der Waals surface area (Å²) in [6.45, 7) is 2.45. The highest BCUT2D eigenvalue weighted by Crippen LogP contribution is 2.37. The molecular formula is C16H22N2O3S. The first-order valence-corrected chi connectivity index (χ1v) is 9.62. The minimum absolute atomic E-state index is 0.0158. The Morgan fingerprint density at radius 1 is 1.36 bits per heavy atom. The minimum atomic E-state index is -3.28. The average molecular weight is 322 g/mol. The maximum atomic E-state index is 12.2. The van der Waals surface area contributed by atoms with Gasteiger partial charge in [-0.1, -0.05) is 13.0 Å². The predicted octanol–water partition coefficient (Wildman–Crippen LogP) is 2.38. The van der Waals surface area contributed by atoms with Gasteiger partial charge in [0.15, 0.2) is 0 Å². The molecule has 1 aliphatic heterocycles. The second-order valence-corrected chi connectivity index (χ2v) is 8.30. The van der Waals surface area contributed by atoms with E-state index >= 15 is 0 Å². The molecule has 3 rings (SSSR count). The van der Waals surface area contributed by atoms with E-state index in [0.29, 0.717) is 23.8 Å². The summed E-state index contributed by atoms with van der Waals surface area (Å²) in [5.74, 6) is 0.538. The predicted molar refractivity (Wildman–Crippen MR) is 87.5 cm³/mol. The summed E-state index contributed by atoms with van der Waals surface area (Å²) >= 11 is 0. The van der Waals surface area contributed by atoms with E-state index in [9.17, 15) is 13.2 Å². The molecule has 1 atom stereocenters. The monoisotopic (exact) mass is 322 g/mol. The molecule has 1 aliphatic carbocycles. The van der Waals surface area contributed by atoms with Crippen molar-refractivity contribution in [3.05, 3.63) is 23.8 Å². The van der Waals surface area contributed by atoms with Gasteiger partial charge >= 0.3 is 0 Å². The quantitative estimate of drug-likeness (QED) is 0.925. The first-order chi connectivity index (χ1) is 10.4. The van der Waals surface area contributed by atoms with Crippen LogP contribution in [0.2, 0.25) is 0 Å². The highest BCUT2D eigenvalue weighted by molar-refractivity contribution is 7.92. The molecule has 22 heavy (non-hydrogen) atoms. The van der Waals surface area contributed by atoms with Crippen LogP contribution in [0.4, 0.5) is 11.4 Å². The van der Waals surface area contributed by atoms with E-state index in [0.717, 1.165) is 31.2 Å². The van der Waals surface area contributed by atoms with Crippen LogP contribution in [-0.4, -0.2) is 27.1 Å². The van der Waals surface area contributed by atoms with Crippen molar-refractivity contribution in [2.75, 3.05) is 22.4 Å². The normalized spacial score (nSPS) is 19.5. The lowest BCUT2D eigenvalue weighted by molar-refractivity contribution is -0.119. The molecule has 1 N–H and O–H groups in total. The number of benzene rings is 1. The van der Waals surface area contributed by atoms with Crippen molar-refractivity contribution < 1.29 is 13.2 Å². The van der Waals surface area contributed by atoms with Gasteiger partial charge in [-0.25, -0.2) is 8.42 Å². The minimum Gasteiger partial charge on any atom is -0.326 e. The van der Waals surface area contributed by atoms with Gasteiger partial charge < -0.3 is 5.32 Å². The Labute approximate surface area is 131 Å². The lowest BCUT2D eigenvalue weighted by atomic mass is 10.0. The molecule has 0 spiro atoms. The van der Waals surface area contributed by atoms with Crippen LogP contribution in [0.25, 0.3) is 0 Å². The van der Waals surface area contributed by atoms with Gasteiger partial charge in [0.2, 0.25) is 15.9 Å². The molecule has 1 saturated carbocycles. The third-order valence-corrected chi connectivity index (χ3v) is 5.75. The van der Waals surface area contributed by atoms with Gasteiger partial charge in [-0.2, -0.15) is 0 Å².